The molecule has 0 atom stereocenters. The Morgan fingerprint density at radius 2 is 1.64 bits per heavy atom. The molecule has 2 aromatic rings. The summed E-state index contributed by atoms with van der Waals surface area (Å²) in [6, 6.07) is 10.5. The van der Waals surface area contributed by atoms with Gasteiger partial charge in [-0.05, 0) is 98.6 Å². The van der Waals surface area contributed by atoms with Gasteiger partial charge in [-0.15, -0.1) is 0 Å². The maximum Gasteiger partial charge on any atom is 0.269 e. The SMILES string of the molecule is CCOc1cc(CNC23CC4CC(CC(C4)C2)C3)c(Br)cc1OCc1ccc([N+](=O)[O-])cc1. The topological polar surface area (TPSA) is 73.6 Å². The molecule has 4 bridgehead atoms. The van der Waals surface area contributed by atoms with E-state index in [-0.39, 0.29) is 5.69 Å². The first kappa shape index (κ1) is 22.7. The summed E-state index contributed by atoms with van der Waals surface area (Å²) < 4.78 is 13.0. The van der Waals surface area contributed by atoms with Crippen molar-refractivity contribution < 1.29 is 14.4 Å². The number of nitrogens with zero attached hydrogens (tertiary/aromatic N) is 1. The molecule has 0 saturated heterocycles. The molecule has 4 aliphatic carbocycles. The lowest BCUT2D eigenvalue weighted by Gasteiger charge is -2.57. The predicted molar refractivity (Wildman–Crippen MR) is 130 cm³/mol. The fourth-order valence-corrected chi connectivity index (χ4v) is 7.04. The van der Waals surface area contributed by atoms with Crippen LogP contribution in [0.1, 0.15) is 56.6 Å². The lowest BCUT2D eigenvalue weighted by Crippen LogP contribution is -2.58. The Kier molecular flexibility index (Phi) is 6.36. The van der Waals surface area contributed by atoms with Crippen LogP contribution in [0.4, 0.5) is 5.69 Å². The Labute approximate surface area is 203 Å². The Hall–Kier alpha value is -2.12. The van der Waals surface area contributed by atoms with Gasteiger partial charge in [0.25, 0.3) is 5.69 Å². The fourth-order valence-electron chi connectivity index (χ4n) is 6.58. The number of benzene rings is 2. The summed E-state index contributed by atoms with van der Waals surface area (Å²) >= 11 is 3.74. The van der Waals surface area contributed by atoms with E-state index >= 15 is 0 Å². The molecule has 0 unspecified atom stereocenters. The van der Waals surface area contributed by atoms with Crippen LogP contribution in [0.3, 0.4) is 0 Å². The molecule has 0 spiro atoms. The molecule has 33 heavy (non-hydrogen) atoms. The molecule has 0 heterocycles. The van der Waals surface area contributed by atoms with Crippen molar-refractivity contribution in [1.82, 2.24) is 5.32 Å². The molecule has 1 N–H and O–H groups in total. The van der Waals surface area contributed by atoms with Crippen molar-refractivity contribution in [3.63, 3.8) is 0 Å². The second-order valence-corrected chi connectivity index (χ2v) is 10.9. The Morgan fingerprint density at radius 3 is 2.21 bits per heavy atom. The molecule has 7 heteroatoms. The number of ether oxygens (including phenoxy) is 2. The van der Waals surface area contributed by atoms with Gasteiger partial charge in [0, 0.05) is 28.7 Å². The van der Waals surface area contributed by atoms with Crippen LogP contribution >= 0.6 is 15.9 Å². The Morgan fingerprint density at radius 1 is 1.03 bits per heavy atom. The van der Waals surface area contributed by atoms with Crippen molar-refractivity contribution in [3.05, 3.63) is 62.1 Å². The number of nitro groups is 1. The van der Waals surface area contributed by atoms with Crippen LogP contribution in [0.25, 0.3) is 0 Å². The van der Waals surface area contributed by atoms with E-state index in [0.29, 0.717) is 24.5 Å². The number of hydrogen-bond donors (Lipinski definition) is 1. The lowest BCUT2D eigenvalue weighted by molar-refractivity contribution is -0.384. The normalized spacial score (nSPS) is 27.5. The summed E-state index contributed by atoms with van der Waals surface area (Å²) in [4.78, 5) is 10.5. The van der Waals surface area contributed by atoms with Crippen LogP contribution in [0.5, 0.6) is 11.5 Å². The van der Waals surface area contributed by atoms with Crippen LogP contribution in [0.15, 0.2) is 40.9 Å². The van der Waals surface area contributed by atoms with E-state index in [0.717, 1.165) is 40.1 Å². The van der Waals surface area contributed by atoms with Crippen LogP contribution in [-0.4, -0.2) is 17.1 Å². The van der Waals surface area contributed by atoms with Gasteiger partial charge in [-0.3, -0.25) is 10.1 Å². The molecule has 0 radical (unpaired) electrons. The van der Waals surface area contributed by atoms with Crippen molar-refractivity contribution in [2.75, 3.05) is 6.61 Å². The molecule has 6 rings (SSSR count). The number of hydrogen-bond acceptors (Lipinski definition) is 5. The first-order valence-electron chi connectivity index (χ1n) is 12.0. The number of non-ortho nitro benzene ring substituents is 1. The Balaban J connectivity index is 1.27. The quantitative estimate of drug-likeness (QED) is 0.309. The zero-order valence-corrected chi connectivity index (χ0v) is 20.6. The van der Waals surface area contributed by atoms with Gasteiger partial charge in [-0.1, -0.05) is 15.9 Å². The van der Waals surface area contributed by atoms with Gasteiger partial charge >= 0.3 is 0 Å². The van der Waals surface area contributed by atoms with Gasteiger partial charge in [0.05, 0.1) is 11.5 Å². The molecule has 0 aliphatic heterocycles. The van der Waals surface area contributed by atoms with Gasteiger partial charge in [0.1, 0.15) is 6.61 Å². The van der Waals surface area contributed by atoms with Crippen molar-refractivity contribution >= 4 is 21.6 Å². The van der Waals surface area contributed by atoms with Crippen molar-refractivity contribution in [2.24, 2.45) is 17.8 Å². The van der Waals surface area contributed by atoms with E-state index in [1.54, 1.807) is 12.1 Å². The second-order valence-electron chi connectivity index (χ2n) is 10.1. The van der Waals surface area contributed by atoms with Gasteiger partial charge in [-0.25, -0.2) is 0 Å². The zero-order chi connectivity index (χ0) is 23.0. The highest BCUT2D eigenvalue weighted by molar-refractivity contribution is 9.10. The third-order valence-corrected chi connectivity index (χ3v) is 8.38. The van der Waals surface area contributed by atoms with E-state index in [2.05, 4.69) is 27.3 Å². The minimum atomic E-state index is -0.398. The maximum atomic E-state index is 10.9. The van der Waals surface area contributed by atoms with Crippen LogP contribution in [0, 0.1) is 27.9 Å². The van der Waals surface area contributed by atoms with E-state index in [4.69, 9.17) is 9.47 Å². The van der Waals surface area contributed by atoms with Gasteiger partial charge < -0.3 is 14.8 Å². The van der Waals surface area contributed by atoms with E-state index in [9.17, 15) is 10.1 Å². The summed E-state index contributed by atoms with van der Waals surface area (Å²) in [6.07, 6.45) is 8.31. The zero-order valence-electron chi connectivity index (χ0n) is 19.0. The van der Waals surface area contributed by atoms with Gasteiger partial charge in [0.2, 0.25) is 0 Å². The molecular weight excluding hydrogens is 484 g/mol. The fraction of sp³-hybridized carbons (Fsp3) is 0.538. The molecule has 4 saturated carbocycles. The first-order chi connectivity index (χ1) is 15.9. The smallest absolute Gasteiger partial charge is 0.269 e. The highest BCUT2D eigenvalue weighted by Crippen LogP contribution is 2.55. The molecule has 2 aromatic carbocycles. The van der Waals surface area contributed by atoms with Crippen molar-refractivity contribution in [3.8, 4) is 11.5 Å². The van der Waals surface area contributed by atoms with Crippen LogP contribution in [0.2, 0.25) is 0 Å². The monoisotopic (exact) mass is 514 g/mol. The molecule has 176 valence electrons. The van der Waals surface area contributed by atoms with Crippen molar-refractivity contribution in [2.45, 2.75) is 64.1 Å². The summed E-state index contributed by atoms with van der Waals surface area (Å²) in [6.45, 7) is 3.65. The highest BCUT2D eigenvalue weighted by Gasteiger charge is 2.50. The molecule has 6 nitrogen and oxygen atoms in total. The number of rotatable bonds is 9. The van der Waals surface area contributed by atoms with E-state index in [1.165, 1.54) is 56.2 Å². The predicted octanol–water partition coefficient (Wildman–Crippen LogP) is 6.39. The largest absolute Gasteiger partial charge is 0.490 e. The average Bonchev–Trinajstić information content (AvgIpc) is 2.77. The highest BCUT2D eigenvalue weighted by atomic mass is 79.9. The third-order valence-electron chi connectivity index (χ3n) is 7.65. The number of halogens is 1. The number of nitrogens with one attached hydrogen (secondary N) is 1. The van der Waals surface area contributed by atoms with Crippen LogP contribution < -0.4 is 14.8 Å². The molecule has 0 aromatic heterocycles. The Bertz CT molecular complexity index is 988. The average molecular weight is 515 g/mol. The molecule has 0 amide bonds. The van der Waals surface area contributed by atoms with E-state index < -0.39 is 4.92 Å². The van der Waals surface area contributed by atoms with Crippen LogP contribution in [-0.2, 0) is 13.2 Å². The number of nitro benzene ring substituents is 1. The third kappa shape index (κ3) is 4.90. The summed E-state index contributed by atoms with van der Waals surface area (Å²) in [5, 5.41) is 14.8. The second kappa shape index (κ2) is 9.26. The van der Waals surface area contributed by atoms with E-state index in [1.807, 2.05) is 13.0 Å². The molecule has 4 fully saturated rings. The molecule has 4 aliphatic rings. The summed E-state index contributed by atoms with van der Waals surface area (Å²) in [5.74, 6) is 4.15. The maximum absolute atomic E-state index is 10.9. The van der Waals surface area contributed by atoms with Gasteiger partial charge in [-0.2, -0.15) is 0 Å². The minimum absolute atomic E-state index is 0.0763. The minimum Gasteiger partial charge on any atom is -0.490 e. The van der Waals surface area contributed by atoms with Crippen molar-refractivity contribution in [1.29, 1.82) is 0 Å². The summed E-state index contributed by atoms with van der Waals surface area (Å²) in [5.41, 5.74) is 2.43. The standard InChI is InChI=1S/C26H31BrN2O4/c1-2-32-24-10-21(15-28-26-12-18-7-19(13-26)9-20(8-18)14-26)23(27)11-25(24)33-16-17-3-5-22(6-4-17)29(30)31/h3-6,10-11,18-20,28H,2,7-9,12-16H2,1H3. The lowest BCUT2D eigenvalue weighted by atomic mass is 9.53. The molecular formula is C26H31BrN2O4. The van der Waals surface area contributed by atoms with Gasteiger partial charge in [0.15, 0.2) is 11.5 Å². The first-order valence-corrected chi connectivity index (χ1v) is 12.8. The summed E-state index contributed by atoms with van der Waals surface area (Å²) in [7, 11) is 0.